The van der Waals surface area contributed by atoms with Crippen molar-refractivity contribution in [2.75, 3.05) is 20.8 Å². The van der Waals surface area contributed by atoms with Crippen molar-refractivity contribution in [3.63, 3.8) is 0 Å². The molecule has 0 saturated carbocycles. The Hall–Kier alpha value is -1.36. The molecule has 0 aliphatic heterocycles. The highest BCUT2D eigenvalue weighted by atomic mass is 19.3. The second kappa shape index (κ2) is 6.19. The third-order valence-electron chi connectivity index (χ3n) is 3.14. The maximum Gasteiger partial charge on any atom is 0.274 e. The Balaban J connectivity index is 3.38. The van der Waals surface area contributed by atoms with Crippen LogP contribution in [0.4, 0.5) is 8.78 Å². The van der Waals surface area contributed by atoms with Crippen LogP contribution in [-0.2, 0) is 5.92 Å². The predicted molar refractivity (Wildman–Crippen MR) is 71.2 cm³/mol. The molecular weight excluding hydrogens is 252 g/mol. The lowest BCUT2D eigenvalue weighted by Crippen LogP contribution is -2.12. The van der Waals surface area contributed by atoms with E-state index in [1.807, 2.05) is 6.92 Å². The number of hydrogen-bond acceptors (Lipinski definition) is 3. The fourth-order valence-corrected chi connectivity index (χ4v) is 2.01. The van der Waals surface area contributed by atoms with Crippen LogP contribution in [0.5, 0.6) is 11.5 Å². The van der Waals surface area contributed by atoms with Crippen molar-refractivity contribution in [2.24, 2.45) is 5.73 Å². The normalized spacial score (nSPS) is 13.2. The van der Waals surface area contributed by atoms with Crippen LogP contribution >= 0.6 is 0 Å². The Morgan fingerprint density at radius 2 is 1.89 bits per heavy atom. The highest BCUT2D eigenvalue weighted by molar-refractivity contribution is 5.52. The van der Waals surface area contributed by atoms with E-state index in [9.17, 15) is 8.78 Å². The van der Waals surface area contributed by atoms with Gasteiger partial charge >= 0.3 is 0 Å². The minimum absolute atomic E-state index is 0.0821. The van der Waals surface area contributed by atoms with E-state index in [2.05, 4.69) is 0 Å². The molecule has 0 aliphatic carbocycles. The minimum atomic E-state index is -2.99. The zero-order valence-corrected chi connectivity index (χ0v) is 11.8. The molecule has 0 heterocycles. The number of nitrogens with two attached hydrogens (primary N) is 1. The van der Waals surface area contributed by atoms with Crippen molar-refractivity contribution < 1.29 is 18.3 Å². The van der Waals surface area contributed by atoms with Gasteiger partial charge in [-0.1, -0.05) is 6.92 Å². The quantitative estimate of drug-likeness (QED) is 0.865. The van der Waals surface area contributed by atoms with Gasteiger partial charge in [-0.15, -0.1) is 0 Å². The lowest BCUT2D eigenvalue weighted by atomic mass is 9.93. The summed E-state index contributed by atoms with van der Waals surface area (Å²) in [5.74, 6) is -2.50. The van der Waals surface area contributed by atoms with Crippen LogP contribution in [0.15, 0.2) is 12.1 Å². The van der Waals surface area contributed by atoms with E-state index >= 15 is 0 Å². The highest BCUT2D eigenvalue weighted by Crippen LogP contribution is 2.42. The topological polar surface area (TPSA) is 44.5 Å². The van der Waals surface area contributed by atoms with Crippen molar-refractivity contribution in [2.45, 2.75) is 32.1 Å². The summed E-state index contributed by atoms with van der Waals surface area (Å²) in [6.45, 7) is 3.31. The van der Waals surface area contributed by atoms with Crippen LogP contribution in [0.1, 0.15) is 37.3 Å². The summed E-state index contributed by atoms with van der Waals surface area (Å²) in [5, 5.41) is 0. The van der Waals surface area contributed by atoms with Crippen molar-refractivity contribution in [1.29, 1.82) is 0 Å². The number of ether oxygens (including phenoxy) is 2. The van der Waals surface area contributed by atoms with E-state index in [1.165, 1.54) is 20.3 Å². The molecule has 0 aromatic heterocycles. The smallest absolute Gasteiger partial charge is 0.274 e. The van der Waals surface area contributed by atoms with Crippen LogP contribution in [-0.4, -0.2) is 20.8 Å². The van der Waals surface area contributed by atoms with Crippen molar-refractivity contribution in [3.05, 3.63) is 23.3 Å². The van der Waals surface area contributed by atoms with Gasteiger partial charge in [0.25, 0.3) is 5.92 Å². The van der Waals surface area contributed by atoms with Crippen LogP contribution in [0.25, 0.3) is 0 Å². The SMILES string of the molecule is COc1cc(C(C)CCN)cc(C(C)(F)F)c1OC. The Morgan fingerprint density at radius 1 is 1.26 bits per heavy atom. The second-order valence-corrected chi connectivity index (χ2v) is 4.67. The van der Waals surface area contributed by atoms with Crippen LogP contribution < -0.4 is 15.2 Å². The van der Waals surface area contributed by atoms with Gasteiger partial charge in [0, 0.05) is 6.92 Å². The minimum Gasteiger partial charge on any atom is -0.493 e. The molecule has 0 bridgehead atoms. The van der Waals surface area contributed by atoms with Crippen molar-refractivity contribution in [1.82, 2.24) is 0 Å². The fraction of sp³-hybridized carbons (Fsp3) is 0.571. The molecule has 0 aliphatic rings. The number of rotatable bonds is 6. The first-order valence-electron chi connectivity index (χ1n) is 6.19. The number of methoxy groups -OCH3 is 2. The van der Waals surface area contributed by atoms with Gasteiger partial charge in [0.1, 0.15) is 0 Å². The maximum atomic E-state index is 13.7. The van der Waals surface area contributed by atoms with Gasteiger partial charge in [-0.25, -0.2) is 8.78 Å². The molecule has 0 saturated heterocycles. The lowest BCUT2D eigenvalue weighted by molar-refractivity contribution is 0.0146. The Bertz CT molecular complexity index is 430. The molecule has 0 amide bonds. The van der Waals surface area contributed by atoms with Crippen LogP contribution in [0.3, 0.4) is 0 Å². The van der Waals surface area contributed by atoms with Crippen LogP contribution in [0, 0.1) is 0 Å². The first-order valence-corrected chi connectivity index (χ1v) is 6.19. The van der Waals surface area contributed by atoms with Crippen molar-refractivity contribution >= 4 is 0 Å². The molecule has 5 heteroatoms. The molecule has 1 rings (SSSR count). The number of alkyl halides is 2. The summed E-state index contributed by atoms with van der Waals surface area (Å²) in [6.07, 6.45) is 0.726. The average Bonchev–Trinajstić information content (AvgIpc) is 2.36. The monoisotopic (exact) mass is 273 g/mol. The van der Waals surface area contributed by atoms with E-state index in [4.69, 9.17) is 15.2 Å². The third kappa shape index (κ3) is 3.56. The van der Waals surface area contributed by atoms with E-state index in [-0.39, 0.29) is 17.2 Å². The highest BCUT2D eigenvalue weighted by Gasteiger charge is 2.31. The van der Waals surface area contributed by atoms with Gasteiger partial charge in [0.15, 0.2) is 11.5 Å². The number of benzene rings is 1. The molecule has 19 heavy (non-hydrogen) atoms. The van der Waals surface area contributed by atoms with E-state index < -0.39 is 5.92 Å². The summed E-state index contributed by atoms with van der Waals surface area (Å²) in [6, 6.07) is 3.20. The molecule has 1 atom stereocenters. The van der Waals surface area contributed by atoms with Crippen LogP contribution in [0.2, 0.25) is 0 Å². The van der Waals surface area contributed by atoms with Gasteiger partial charge < -0.3 is 15.2 Å². The second-order valence-electron chi connectivity index (χ2n) is 4.67. The molecule has 0 spiro atoms. The summed E-state index contributed by atoms with van der Waals surface area (Å²) < 4.78 is 37.6. The van der Waals surface area contributed by atoms with E-state index in [0.29, 0.717) is 12.3 Å². The molecule has 1 aromatic carbocycles. The first-order chi connectivity index (χ1) is 8.85. The Kier molecular flexibility index (Phi) is 5.11. The molecular formula is C14H21F2NO2. The predicted octanol–water partition coefficient (Wildman–Crippen LogP) is 3.27. The molecule has 1 aromatic rings. The summed E-state index contributed by atoms with van der Waals surface area (Å²) in [7, 11) is 2.79. The summed E-state index contributed by atoms with van der Waals surface area (Å²) >= 11 is 0. The zero-order valence-electron chi connectivity index (χ0n) is 11.8. The first kappa shape index (κ1) is 15.7. The fourth-order valence-electron chi connectivity index (χ4n) is 2.01. The molecule has 3 nitrogen and oxygen atoms in total. The third-order valence-corrected chi connectivity index (χ3v) is 3.14. The number of hydrogen-bond donors (Lipinski definition) is 1. The van der Waals surface area contributed by atoms with Gasteiger partial charge in [-0.05, 0) is 36.6 Å². The van der Waals surface area contributed by atoms with Crippen molar-refractivity contribution in [3.8, 4) is 11.5 Å². The Morgan fingerprint density at radius 3 is 2.32 bits per heavy atom. The maximum absolute atomic E-state index is 13.7. The van der Waals surface area contributed by atoms with E-state index in [1.54, 1.807) is 6.07 Å². The van der Waals surface area contributed by atoms with Gasteiger partial charge in [0.05, 0.1) is 19.8 Å². The summed E-state index contributed by atoms with van der Waals surface area (Å²) in [4.78, 5) is 0. The lowest BCUT2D eigenvalue weighted by Gasteiger charge is -2.21. The molecule has 0 fully saturated rings. The summed E-state index contributed by atoms with van der Waals surface area (Å²) in [5.41, 5.74) is 6.13. The molecule has 0 radical (unpaired) electrons. The van der Waals surface area contributed by atoms with Gasteiger partial charge in [-0.3, -0.25) is 0 Å². The average molecular weight is 273 g/mol. The van der Waals surface area contributed by atoms with E-state index in [0.717, 1.165) is 18.9 Å². The standard InChI is InChI=1S/C14H21F2NO2/c1-9(5-6-17)10-7-11(14(2,15)16)13(19-4)12(8-10)18-3/h7-9H,5-6,17H2,1-4H3. The Labute approximate surface area is 112 Å². The largest absolute Gasteiger partial charge is 0.493 e. The van der Waals surface area contributed by atoms with Gasteiger partial charge in [0.2, 0.25) is 0 Å². The molecule has 1 unspecified atom stereocenters. The molecule has 2 N–H and O–H groups in total. The zero-order chi connectivity index (χ0) is 14.6. The molecule has 108 valence electrons. The number of halogens is 2. The van der Waals surface area contributed by atoms with Gasteiger partial charge in [-0.2, -0.15) is 0 Å².